The van der Waals surface area contributed by atoms with E-state index in [1.54, 1.807) is 0 Å². The summed E-state index contributed by atoms with van der Waals surface area (Å²) in [6, 6.07) is -0.729. The van der Waals surface area contributed by atoms with Crippen LogP contribution in [0.25, 0.3) is 0 Å². The van der Waals surface area contributed by atoms with Crippen LogP contribution < -0.4 is 5.32 Å². The highest BCUT2D eigenvalue weighted by Crippen LogP contribution is 2.17. The average Bonchev–Trinajstić information content (AvgIpc) is 3.29. The van der Waals surface area contributed by atoms with Gasteiger partial charge in [0.2, 0.25) is 5.91 Å². The highest BCUT2D eigenvalue weighted by molar-refractivity contribution is 5.77. The minimum absolute atomic E-state index is 0.00468. The maximum Gasteiger partial charge on any atom is 0.306 e. The fraction of sp³-hybridized carbons (Fsp3) is 0.828. The second-order valence-electron chi connectivity index (χ2n) is 19.0. The standard InChI is InChI=1S/C58H107NO5/c1-4-7-10-13-16-19-22-25-27-28-30-33-35-38-41-44-47-50-56(61)55(53-60)59-57(62)52-54(49-46-43-40-37-34-32-29-26-23-20-17-14-11-8-5-2)64-58(63)51-48-45-42-39-36-31-24-21-18-15-12-9-6-3/h17,20,26,29,34,37,43,46,54-56,60-61H,4-16,18-19,21-25,27-28,30-33,35-36,38-42,44-45,47-53H2,1-3H3,(H,59,62)/b20-17-,29-26-,37-34-,46-43-. The minimum Gasteiger partial charge on any atom is -0.461 e. The van der Waals surface area contributed by atoms with Crippen LogP contribution in [0.15, 0.2) is 48.6 Å². The van der Waals surface area contributed by atoms with Gasteiger partial charge in [-0.15, -0.1) is 0 Å². The Bertz CT molecular complexity index is 1100. The fourth-order valence-electron chi connectivity index (χ4n) is 8.41. The van der Waals surface area contributed by atoms with Crippen molar-refractivity contribution in [3.63, 3.8) is 0 Å². The second kappa shape index (κ2) is 51.8. The number of aliphatic hydroxyl groups excluding tert-OH is 2. The first-order chi connectivity index (χ1) is 31.5. The molecule has 0 aliphatic heterocycles. The van der Waals surface area contributed by atoms with Gasteiger partial charge in [-0.1, -0.05) is 268 Å². The third-order valence-electron chi connectivity index (χ3n) is 12.7. The molecule has 0 aromatic heterocycles. The van der Waals surface area contributed by atoms with Gasteiger partial charge in [-0.25, -0.2) is 0 Å². The molecule has 0 spiro atoms. The van der Waals surface area contributed by atoms with Gasteiger partial charge >= 0.3 is 5.97 Å². The van der Waals surface area contributed by atoms with Crippen molar-refractivity contribution in [2.45, 2.75) is 302 Å². The molecule has 0 radical (unpaired) electrons. The summed E-state index contributed by atoms with van der Waals surface area (Å²) in [7, 11) is 0. The number of unbranched alkanes of at least 4 members (excludes halogenated alkanes) is 31. The molecule has 3 N–H and O–H groups in total. The van der Waals surface area contributed by atoms with E-state index in [-0.39, 0.29) is 24.9 Å². The molecule has 1 amide bonds. The van der Waals surface area contributed by atoms with Gasteiger partial charge in [-0.3, -0.25) is 9.59 Å². The molecule has 0 aromatic carbocycles. The Labute approximate surface area is 397 Å². The largest absolute Gasteiger partial charge is 0.461 e. The molecule has 0 fully saturated rings. The molecule has 0 aliphatic rings. The summed E-state index contributed by atoms with van der Waals surface area (Å²) in [5.74, 6) is -0.565. The number of hydrogen-bond donors (Lipinski definition) is 3. The van der Waals surface area contributed by atoms with E-state index in [4.69, 9.17) is 4.74 Å². The maximum atomic E-state index is 13.2. The predicted molar refractivity (Wildman–Crippen MR) is 278 cm³/mol. The average molecular weight is 898 g/mol. The molecule has 0 heterocycles. The summed E-state index contributed by atoms with van der Waals surface area (Å²) in [6.07, 6.45) is 63.3. The first-order valence-corrected chi connectivity index (χ1v) is 27.9. The van der Waals surface area contributed by atoms with Crippen LogP contribution in [0.5, 0.6) is 0 Å². The van der Waals surface area contributed by atoms with Crippen molar-refractivity contribution in [3.05, 3.63) is 48.6 Å². The molecule has 64 heavy (non-hydrogen) atoms. The van der Waals surface area contributed by atoms with E-state index in [1.165, 1.54) is 180 Å². The van der Waals surface area contributed by atoms with E-state index in [9.17, 15) is 19.8 Å². The van der Waals surface area contributed by atoms with Gasteiger partial charge in [-0.05, 0) is 44.9 Å². The van der Waals surface area contributed by atoms with E-state index in [0.29, 0.717) is 19.3 Å². The molecular weight excluding hydrogens is 791 g/mol. The predicted octanol–water partition coefficient (Wildman–Crippen LogP) is 17.0. The van der Waals surface area contributed by atoms with E-state index in [2.05, 4.69) is 68.6 Å². The van der Waals surface area contributed by atoms with Crippen molar-refractivity contribution in [2.75, 3.05) is 6.61 Å². The fourth-order valence-corrected chi connectivity index (χ4v) is 8.41. The summed E-state index contributed by atoms with van der Waals surface area (Å²) >= 11 is 0. The maximum absolute atomic E-state index is 13.2. The molecule has 0 aromatic rings. The number of amides is 1. The van der Waals surface area contributed by atoms with Crippen LogP contribution in [-0.4, -0.2) is 46.9 Å². The molecular formula is C58H107NO5. The summed E-state index contributed by atoms with van der Waals surface area (Å²) in [4.78, 5) is 26.2. The van der Waals surface area contributed by atoms with Gasteiger partial charge in [0, 0.05) is 12.8 Å². The lowest BCUT2D eigenvalue weighted by Gasteiger charge is -2.24. The first kappa shape index (κ1) is 61.8. The van der Waals surface area contributed by atoms with Crippen molar-refractivity contribution in [1.82, 2.24) is 5.32 Å². The van der Waals surface area contributed by atoms with Crippen LogP contribution in [0.2, 0.25) is 0 Å². The van der Waals surface area contributed by atoms with Crippen LogP contribution in [0.1, 0.15) is 284 Å². The Morgan fingerprint density at radius 1 is 0.469 bits per heavy atom. The lowest BCUT2D eigenvalue weighted by atomic mass is 10.0. The SMILES string of the molecule is CCCCC/C=C\C/C=C\C/C=C\C/C=C\CC(CC(=O)NC(CO)C(O)CCCCCCCCCCCCCCCCCCC)OC(=O)CCCCCCCCCCCCCCC. The van der Waals surface area contributed by atoms with Gasteiger partial charge < -0.3 is 20.3 Å². The van der Waals surface area contributed by atoms with E-state index >= 15 is 0 Å². The van der Waals surface area contributed by atoms with Gasteiger partial charge in [0.05, 0.1) is 25.2 Å². The number of rotatable bonds is 50. The monoisotopic (exact) mass is 898 g/mol. The number of carbonyl (C=O) groups is 2. The molecule has 0 bridgehead atoms. The zero-order chi connectivity index (χ0) is 46.7. The number of hydrogen-bond acceptors (Lipinski definition) is 5. The van der Waals surface area contributed by atoms with Gasteiger partial charge in [0.1, 0.15) is 6.10 Å². The van der Waals surface area contributed by atoms with E-state index < -0.39 is 18.2 Å². The van der Waals surface area contributed by atoms with Crippen molar-refractivity contribution in [1.29, 1.82) is 0 Å². The zero-order valence-electron chi connectivity index (χ0n) is 42.7. The Morgan fingerprint density at radius 2 is 0.828 bits per heavy atom. The van der Waals surface area contributed by atoms with Gasteiger partial charge in [0.15, 0.2) is 0 Å². The van der Waals surface area contributed by atoms with Crippen LogP contribution in [-0.2, 0) is 14.3 Å². The molecule has 374 valence electrons. The Morgan fingerprint density at radius 3 is 1.25 bits per heavy atom. The van der Waals surface area contributed by atoms with Crippen LogP contribution in [0.4, 0.5) is 0 Å². The molecule has 3 atom stereocenters. The van der Waals surface area contributed by atoms with Crippen LogP contribution in [0.3, 0.4) is 0 Å². The number of carbonyl (C=O) groups excluding carboxylic acids is 2. The number of esters is 1. The molecule has 6 nitrogen and oxygen atoms in total. The summed E-state index contributed by atoms with van der Waals surface area (Å²) in [5.41, 5.74) is 0. The van der Waals surface area contributed by atoms with E-state index in [1.807, 2.05) is 6.08 Å². The smallest absolute Gasteiger partial charge is 0.306 e. The zero-order valence-corrected chi connectivity index (χ0v) is 42.7. The Kier molecular flexibility index (Phi) is 50.0. The third kappa shape index (κ3) is 46.4. The lowest BCUT2D eigenvalue weighted by molar-refractivity contribution is -0.150. The van der Waals surface area contributed by atoms with Crippen LogP contribution >= 0.6 is 0 Å². The Hall–Kier alpha value is -2.18. The molecule has 3 unspecified atom stereocenters. The first-order valence-electron chi connectivity index (χ1n) is 27.9. The molecule has 0 saturated heterocycles. The second-order valence-corrected chi connectivity index (χ2v) is 19.0. The number of aliphatic hydroxyl groups is 2. The molecule has 6 heteroatoms. The highest BCUT2D eigenvalue weighted by atomic mass is 16.5. The summed E-state index contributed by atoms with van der Waals surface area (Å²) in [6.45, 7) is 6.45. The van der Waals surface area contributed by atoms with Crippen molar-refractivity contribution < 1.29 is 24.5 Å². The third-order valence-corrected chi connectivity index (χ3v) is 12.7. The minimum atomic E-state index is -0.810. The van der Waals surface area contributed by atoms with Crippen molar-refractivity contribution in [3.8, 4) is 0 Å². The lowest BCUT2D eigenvalue weighted by Crippen LogP contribution is -2.46. The Balaban J connectivity index is 4.62. The summed E-state index contributed by atoms with van der Waals surface area (Å²) in [5, 5.41) is 23.8. The van der Waals surface area contributed by atoms with Crippen molar-refractivity contribution >= 4 is 11.9 Å². The van der Waals surface area contributed by atoms with E-state index in [0.717, 1.165) is 57.8 Å². The molecule has 0 saturated carbocycles. The number of allylic oxidation sites excluding steroid dienone is 7. The topological polar surface area (TPSA) is 95.9 Å². The quantitative estimate of drug-likeness (QED) is 0.0321. The van der Waals surface area contributed by atoms with Crippen LogP contribution in [0, 0.1) is 0 Å². The molecule has 0 aliphatic carbocycles. The van der Waals surface area contributed by atoms with Gasteiger partial charge in [-0.2, -0.15) is 0 Å². The van der Waals surface area contributed by atoms with Gasteiger partial charge in [0.25, 0.3) is 0 Å². The number of ether oxygens (including phenoxy) is 1. The number of nitrogens with one attached hydrogen (secondary N) is 1. The normalized spacial score (nSPS) is 13.5. The van der Waals surface area contributed by atoms with Crippen molar-refractivity contribution in [2.24, 2.45) is 0 Å². The molecule has 0 rings (SSSR count). The summed E-state index contributed by atoms with van der Waals surface area (Å²) < 4.78 is 5.88. The highest BCUT2D eigenvalue weighted by Gasteiger charge is 2.23.